The predicted molar refractivity (Wildman–Crippen MR) is 332 cm³/mol. The van der Waals surface area contributed by atoms with Gasteiger partial charge in [-0.2, -0.15) is 0 Å². The fourth-order valence-corrected chi connectivity index (χ4v) is 11.9. The maximum atomic E-state index is 14.0. The second-order valence-corrected chi connectivity index (χ2v) is 25.1. The van der Waals surface area contributed by atoms with E-state index >= 15 is 0 Å². The van der Waals surface area contributed by atoms with E-state index in [2.05, 4.69) is 46.5 Å². The Bertz CT molecular complexity index is 2840. The highest BCUT2D eigenvalue weighted by atomic mass is 16.6. The van der Waals surface area contributed by atoms with Crippen LogP contribution in [0.15, 0.2) is 72.4 Å². The number of allylic oxidation sites excluding steroid dienone is 3. The van der Waals surface area contributed by atoms with Gasteiger partial charge >= 0.3 is 29.9 Å². The summed E-state index contributed by atoms with van der Waals surface area (Å²) in [7, 11) is 0. The Morgan fingerprint density at radius 2 is 1.53 bits per heavy atom. The summed E-state index contributed by atoms with van der Waals surface area (Å²) in [4.78, 5) is 136. The number of nitrogens with zero attached hydrogens (tertiary/aromatic N) is 1. The van der Waals surface area contributed by atoms with Gasteiger partial charge in [-0.15, -0.1) is 0 Å². The minimum atomic E-state index is -1.12. The van der Waals surface area contributed by atoms with Crippen molar-refractivity contribution >= 4 is 71.0 Å². The molecule has 8 N–H and O–H groups in total. The highest BCUT2D eigenvalue weighted by Gasteiger charge is 2.78. The third-order valence-electron chi connectivity index (χ3n) is 18.2. The lowest BCUT2D eigenvalue weighted by Gasteiger charge is -2.57. The molecular formula is C66H95N7O17. The molecule has 4 unspecified atom stereocenters. The van der Waals surface area contributed by atoms with Gasteiger partial charge in [0.1, 0.15) is 36.9 Å². The number of rotatable bonds is 34. The van der Waals surface area contributed by atoms with Crippen molar-refractivity contribution in [3.8, 4) is 0 Å². The van der Waals surface area contributed by atoms with Crippen molar-refractivity contribution in [1.82, 2.24) is 26.2 Å². The SMILES string of the molecule is CCC(=O)OCc1ccc(NC(=O)[C@H](CCCCNC(N)=O)NC(=O)C(NC(=O)CCCCCN2C(=O)C=CC2=O)C(C)C)cc1.CC[C@H](CCOC(=O)/C=C/C=C\C(=O)O)C(NC(=O)C(C)(C)CC)C(=O)OC[C@]12CCC(C)=C[C@H]1OC1CCC2(C)[C@]12CO2. The number of hydrogen-bond donors (Lipinski definition) is 7. The number of primary amides is 1. The first-order chi connectivity index (χ1) is 42.7. The molecular weight excluding hydrogens is 1160 g/mol. The first-order valence-electron chi connectivity index (χ1n) is 31.6. The van der Waals surface area contributed by atoms with Crippen LogP contribution in [0.5, 0.6) is 0 Å². The molecule has 24 nitrogen and oxygen atoms in total. The minimum absolute atomic E-state index is 0.0182. The van der Waals surface area contributed by atoms with Gasteiger partial charge in [0.2, 0.25) is 23.6 Å². The molecule has 8 amide bonds. The summed E-state index contributed by atoms with van der Waals surface area (Å²) >= 11 is 0. The molecule has 2 saturated heterocycles. The second-order valence-electron chi connectivity index (χ2n) is 25.1. The molecule has 9 atom stereocenters. The number of epoxide rings is 1. The predicted octanol–water partition coefficient (Wildman–Crippen LogP) is 6.70. The van der Waals surface area contributed by atoms with Gasteiger partial charge < -0.3 is 61.1 Å². The zero-order valence-corrected chi connectivity index (χ0v) is 53.7. The third-order valence-corrected chi connectivity index (χ3v) is 18.2. The third kappa shape index (κ3) is 19.9. The van der Waals surface area contributed by atoms with Crippen LogP contribution in [0.25, 0.3) is 0 Å². The number of carbonyl (C=O) groups is 11. The first-order valence-corrected chi connectivity index (χ1v) is 31.6. The molecule has 2 bridgehead atoms. The first kappa shape index (κ1) is 73.0. The van der Waals surface area contributed by atoms with Gasteiger partial charge in [-0.25, -0.2) is 19.2 Å². The Hall–Kier alpha value is -7.73. The van der Waals surface area contributed by atoms with Crippen molar-refractivity contribution in [3.63, 3.8) is 0 Å². The van der Waals surface area contributed by atoms with Crippen molar-refractivity contribution in [2.75, 3.05) is 38.2 Å². The molecule has 1 aromatic rings. The number of nitrogens with two attached hydrogens (primary N) is 1. The zero-order valence-electron chi connectivity index (χ0n) is 53.7. The number of amides is 8. The molecule has 1 aromatic carbocycles. The van der Waals surface area contributed by atoms with Crippen LogP contribution in [0.1, 0.15) is 164 Å². The molecule has 24 heteroatoms. The van der Waals surface area contributed by atoms with Gasteiger partial charge in [-0.3, -0.25) is 38.5 Å². The molecule has 90 heavy (non-hydrogen) atoms. The van der Waals surface area contributed by atoms with Crippen LogP contribution in [0, 0.1) is 28.1 Å². The normalized spacial score (nSPS) is 22.7. The Balaban J connectivity index is 0.000000327. The maximum absolute atomic E-state index is 14.0. The highest BCUT2D eigenvalue weighted by Crippen LogP contribution is 2.71. The van der Waals surface area contributed by atoms with Crippen LogP contribution in [0.2, 0.25) is 0 Å². The summed E-state index contributed by atoms with van der Waals surface area (Å²) < 4.78 is 29.4. The Kier molecular flexibility index (Phi) is 27.5. The summed E-state index contributed by atoms with van der Waals surface area (Å²) in [6.07, 6.45) is 17.5. The van der Waals surface area contributed by atoms with Crippen molar-refractivity contribution in [2.45, 2.75) is 201 Å². The molecule has 496 valence electrons. The maximum Gasteiger partial charge on any atom is 0.330 e. The summed E-state index contributed by atoms with van der Waals surface area (Å²) in [5.74, 6) is -5.42. The van der Waals surface area contributed by atoms with Crippen LogP contribution in [-0.4, -0.2) is 144 Å². The smallest absolute Gasteiger partial charge is 0.330 e. The monoisotopic (exact) mass is 1260 g/mol. The standard InChI is InChI=1S/C34H49NO9.C32H46N6O8/c1-7-23(15-18-41-27(38)12-10-9-11-26(36)37)28(35-30(40)31(4,5)8-2)29(39)42-20-33-17-13-22(3)19-25(33)44-24-14-16-32(33,6)34(24)21-43-34;1-4-28(42)46-20-22-12-14-23(15-13-22)35-30(43)24(10-7-8-18-34-32(33)45)36-31(44)29(21(2)3)37-25(39)11-6-5-9-19-38-26(40)16-17-27(38)41/h9-12,19,23-25,28H,7-8,13-18,20-21H2,1-6H3,(H,35,40)(H,36,37);12-17,21,24,29H,4-11,18-20H2,1-3H3,(H,35,43)(H,36,44)(H,37,39)(H3,33,34,45)/b11-9-,12-10+;/t23-,24?,25-,28?,32?,33-,34+;24-,29?/m10/s1. The topological polar surface area (TPSA) is 347 Å². The number of imide groups is 1. The fourth-order valence-electron chi connectivity index (χ4n) is 11.9. The van der Waals surface area contributed by atoms with Gasteiger partial charge in [-0.05, 0) is 107 Å². The van der Waals surface area contributed by atoms with Gasteiger partial charge in [-0.1, -0.05) is 104 Å². The van der Waals surface area contributed by atoms with Crippen molar-refractivity contribution in [1.29, 1.82) is 0 Å². The van der Waals surface area contributed by atoms with E-state index in [1.807, 2.05) is 27.7 Å². The minimum Gasteiger partial charge on any atom is -0.478 e. The van der Waals surface area contributed by atoms with E-state index < -0.39 is 64.7 Å². The molecule has 0 radical (unpaired) electrons. The quantitative estimate of drug-likeness (QED) is 0.00552. The van der Waals surface area contributed by atoms with Crippen LogP contribution in [0.4, 0.5) is 10.5 Å². The summed E-state index contributed by atoms with van der Waals surface area (Å²) in [6.45, 7) is 18.7. The van der Waals surface area contributed by atoms with Crippen molar-refractivity contribution < 1.29 is 81.5 Å². The fraction of sp³-hybridized carbons (Fsp3) is 0.621. The summed E-state index contributed by atoms with van der Waals surface area (Å²) in [5.41, 5.74) is 5.94. The number of unbranched alkanes of at least 4 members (excludes halogenated alkanes) is 3. The average Bonchev–Trinajstić information content (AvgIpc) is 1.49. The number of carboxylic acid groups (broad SMARTS) is 1. The van der Waals surface area contributed by atoms with Crippen LogP contribution >= 0.6 is 0 Å². The number of anilines is 1. The molecule has 6 rings (SSSR count). The highest BCUT2D eigenvalue weighted by molar-refractivity contribution is 6.12. The molecule has 3 aliphatic heterocycles. The Labute approximate surface area is 528 Å². The number of aliphatic carboxylic acids is 1. The number of fused-ring (bicyclic) bond motifs is 2. The molecule has 3 heterocycles. The van der Waals surface area contributed by atoms with Gasteiger partial charge in [0.15, 0.2) is 0 Å². The van der Waals surface area contributed by atoms with E-state index in [1.165, 1.54) is 29.9 Å². The van der Waals surface area contributed by atoms with E-state index in [9.17, 15) is 52.7 Å². The largest absolute Gasteiger partial charge is 0.478 e. The van der Waals surface area contributed by atoms with Gasteiger partial charge in [0, 0.05) is 72.2 Å². The van der Waals surface area contributed by atoms with E-state index in [0.29, 0.717) is 70.2 Å². The number of nitrogens with one attached hydrogen (secondary N) is 5. The number of carbonyl (C=O) groups excluding carboxylic acids is 10. The lowest BCUT2D eigenvalue weighted by Crippen LogP contribution is -2.64. The number of urea groups is 1. The molecule has 3 fully saturated rings. The van der Waals surface area contributed by atoms with Gasteiger partial charge in [0.25, 0.3) is 11.8 Å². The number of benzene rings is 1. The van der Waals surface area contributed by atoms with Crippen LogP contribution < -0.4 is 32.3 Å². The van der Waals surface area contributed by atoms with E-state index in [0.717, 1.165) is 48.3 Å². The number of ether oxygens (including phenoxy) is 5. The lowest BCUT2D eigenvalue weighted by molar-refractivity contribution is -0.218. The van der Waals surface area contributed by atoms with Crippen molar-refractivity contribution in [2.24, 2.45) is 33.8 Å². The average molecular weight is 1260 g/mol. The van der Waals surface area contributed by atoms with Gasteiger partial charge in [0.05, 0.1) is 25.4 Å². The van der Waals surface area contributed by atoms with Crippen molar-refractivity contribution in [3.05, 3.63) is 77.9 Å². The lowest BCUT2D eigenvalue weighted by atomic mass is 9.52. The number of carboxylic acids is 1. The Morgan fingerprint density at radius 3 is 2.16 bits per heavy atom. The molecule has 5 aliphatic rings. The summed E-state index contributed by atoms with van der Waals surface area (Å²) in [6, 6.07) is 3.35. The second kappa shape index (κ2) is 33.9. The van der Waals surface area contributed by atoms with E-state index in [-0.39, 0.29) is 110 Å². The number of esters is 3. The van der Waals surface area contributed by atoms with E-state index in [1.54, 1.807) is 45.0 Å². The molecule has 1 saturated carbocycles. The van der Waals surface area contributed by atoms with E-state index in [4.69, 9.17) is 34.5 Å². The van der Waals surface area contributed by atoms with Crippen LogP contribution in [0.3, 0.4) is 0 Å². The Morgan fingerprint density at radius 1 is 0.844 bits per heavy atom. The molecule has 2 aliphatic carbocycles. The van der Waals surface area contributed by atoms with Crippen LogP contribution in [-0.2, 0) is 78.2 Å². The summed E-state index contributed by atoms with van der Waals surface area (Å²) in [5, 5.41) is 22.5. The zero-order chi connectivity index (χ0) is 66.4. The molecule has 1 spiro atoms. The molecule has 0 aromatic heterocycles. The number of hydrogen-bond acceptors (Lipinski definition) is 16.